The van der Waals surface area contributed by atoms with E-state index in [0.29, 0.717) is 0 Å². The predicted octanol–water partition coefficient (Wildman–Crippen LogP) is 2.18. The summed E-state index contributed by atoms with van der Waals surface area (Å²) in [6.07, 6.45) is 1.35. The van der Waals surface area contributed by atoms with Crippen LogP contribution in [0.25, 0.3) is 0 Å². The maximum Gasteiger partial charge on any atom is 0.0230 e. The first-order valence-electron chi connectivity index (χ1n) is 7.83. The molecule has 1 aromatic carbocycles. The van der Waals surface area contributed by atoms with Crippen LogP contribution in [0.5, 0.6) is 0 Å². The van der Waals surface area contributed by atoms with Crippen molar-refractivity contribution >= 4 is 0 Å². The van der Waals surface area contributed by atoms with Crippen LogP contribution >= 0.6 is 0 Å². The Labute approximate surface area is 124 Å². The minimum Gasteiger partial charge on any atom is -0.313 e. The molecule has 1 aliphatic rings. The largest absolute Gasteiger partial charge is 0.313 e. The fourth-order valence-corrected chi connectivity index (χ4v) is 3.02. The van der Waals surface area contributed by atoms with Crippen LogP contribution in [0.2, 0.25) is 0 Å². The highest BCUT2D eigenvalue weighted by Gasteiger charge is 2.20. The van der Waals surface area contributed by atoms with E-state index in [-0.39, 0.29) is 0 Å². The van der Waals surface area contributed by atoms with Crippen LogP contribution in [0.3, 0.4) is 0 Å². The maximum atomic E-state index is 3.36. The van der Waals surface area contributed by atoms with E-state index in [4.69, 9.17) is 0 Å². The van der Waals surface area contributed by atoms with Crippen molar-refractivity contribution in [2.75, 3.05) is 40.3 Å². The minimum absolute atomic E-state index is 0.845. The number of rotatable bonds is 7. The molecule has 1 aromatic rings. The van der Waals surface area contributed by atoms with Crippen molar-refractivity contribution in [2.24, 2.45) is 5.92 Å². The van der Waals surface area contributed by atoms with Crippen molar-refractivity contribution in [3.63, 3.8) is 0 Å². The van der Waals surface area contributed by atoms with E-state index in [9.17, 15) is 0 Å². The highest BCUT2D eigenvalue weighted by Crippen LogP contribution is 2.16. The summed E-state index contributed by atoms with van der Waals surface area (Å²) in [6, 6.07) is 9.03. The number of benzene rings is 1. The Balaban J connectivity index is 1.77. The van der Waals surface area contributed by atoms with Gasteiger partial charge >= 0.3 is 0 Å². The third-order valence-electron chi connectivity index (χ3n) is 4.11. The molecule has 3 heteroatoms. The van der Waals surface area contributed by atoms with E-state index >= 15 is 0 Å². The molecule has 1 fully saturated rings. The monoisotopic (exact) mass is 275 g/mol. The summed E-state index contributed by atoms with van der Waals surface area (Å²) in [6.45, 7) is 8.93. The summed E-state index contributed by atoms with van der Waals surface area (Å²) in [7, 11) is 4.47. The molecule has 0 radical (unpaired) electrons. The van der Waals surface area contributed by atoms with Gasteiger partial charge in [-0.1, -0.05) is 31.2 Å². The van der Waals surface area contributed by atoms with Gasteiger partial charge in [0, 0.05) is 26.2 Å². The third kappa shape index (κ3) is 4.89. The number of hydrogen-bond donors (Lipinski definition) is 1. The molecule has 1 saturated heterocycles. The Hall–Kier alpha value is -0.900. The standard InChI is InChI=1S/C17H29N3/c1-4-18-11-15-5-7-16(8-6-15)12-20(3)14-17-9-10-19(2)13-17/h5-8,17-18H,4,9-14H2,1-3H3. The molecule has 0 aliphatic carbocycles. The summed E-state index contributed by atoms with van der Waals surface area (Å²) in [5, 5.41) is 3.36. The van der Waals surface area contributed by atoms with E-state index in [1.807, 2.05) is 0 Å². The van der Waals surface area contributed by atoms with E-state index in [0.717, 1.165) is 25.6 Å². The van der Waals surface area contributed by atoms with Gasteiger partial charge in [0.05, 0.1) is 0 Å². The third-order valence-corrected chi connectivity index (χ3v) is 4.11. The molecule has 1 atom stereocenters. The molecule has 1 unspecified atom stereocenters. The van der Waals surface area contributed by atoms with Crippen molar-refractivity contribution in [3.05, 3.63) is 35.4 Å². The van der Waals surface area contributed by atoms with Crippen LogP contribution < -0.4 is 5.32 Å². The summed E-state index contributed by atoms with van der Waals surface area (Å²) in [5.74, 6) is 0.845. The molecule has 0 amide bonds. The SMILES string of the molecule is CCNCc1ccc(CN(C)CC2CCN(C)C2)cc1. The molecule has 0 spiro atoms. The van der Waals surface area contributed by atoms with Crippen molar-refractivity contribution in [1.82, 2.24) is 15.1 Å². The van der Waals surface area contributed by atoms with Gasteiger partial charge in [0.1, 0.15) is 0 Å². The molecule has 0 saturated carbocycles. The fourth-order valence-electron chi connectivity index (χ4n) is 3.02. The van der Waals surface area contributed by atoms with Crippen molar-refractivity contribution in [3.8, 4) is 0 Å². The van der Waals surface area contributed by atoms with Crippen molar-refractivity contribution in [2.45, 2.75) is 26.4 Å². The number of hydrogen-bond acceptors (Lipinski definition) is 3. The molecule has 0 bridgehead atoms. The molecular weight excluding hydrogens is 246 g/mol. The smallest absolute Gasteiger partial charge is 0.0230 e. The van der Waals surface area contributed by atoms with Gasteiger partial charge in [-0.05, 0) is 50.7 Å². The molecule has 2 rings (SSSR count). The lowest BCUT2D eigenvalue weighted by atomic mass is 10.1. The van der Waals surface area contributed by atoms with Crippen molar-refractivity contribution < 1.29 is 0 Å². The second-order valence-electron chi connectivity index (χ2n) is 6.21. The Morgan fingerprint density at radius 3 is 2.55 bits per heavy atom. The Morgan fingerprint density at radius 2 is 1.95 bits per heavy atom. The Bertz CT molecular complexity index is 388. The zero-order valence-electron chi connectivity index (χ0n) is 13.2. The molecule has 1 heterocycles. The quantitative estimate of drug-likeness (QED) is 0.823. The number of likely N-dealkylation sites (tertiary alicyclic amines) is 1. The van der Waals surface area contributed by atoms with Crippen molar-refractivity contribution in [1.29, 1.82) is 0 Å². The average molecular weight is 275 g/mol. The van der Waals surface area contributed by atoms with Gasteiger partial charge in [-0.3, -0.25) is 0 Å². The van der Waals surface area contributed by atoms with Crippen LogP contribution in [0.15, 0.2) is 24.3 Å². The Kier molecular flexibility index (Phi) is 6.02. The molecule has 20 heavy (non-hydrogen) atoms. The second-order valence-corrected chi connectivity index (χ2v) is 6.21. The highest BCUT2D eigenvalue weighted by atomic mass is 15.1. The number of nitrogens with one attached hydrogen (secondary N) is 1. The zero-order chi connectivity index (χ0) is 14.4. The lowest BCUT2D eigenvalue weighted by molar-refractivity contribution is 0.267. The van der Waals surface area contributed by atoms with E-state index in [2.05, 4.69) is 60.4 Å². The van der Waals surface area contributed by atoms with Crippen LogP contribution in [-0.4, -0.2) is 50.1 Å². The van der Waals surface area contributed by atoms with Gasteiger partial charge in [0.2, 0.25) is 0 Å². The predicted molar refractivity (Wildman–Crippen MR) is 85.8 cm³/mol. The molecule has 3 nitrogen and oxygen atoms in total. The van der Waals surface area contributed by atoms with Gasteiger partial charge in [-0.15, -0.1) is 0 Å². The molecule has 0 aromatic heterocycles. The molecule has 1 aliphatic heterocycles. The second kappa shape index (κ2) is 7.77. The van der Waals surface area contributed by atoms with Crippen LogP contribution in [0.4, 0.5) is 0 Å². The van der Waals surface area contributed by atoms with Crippen LogP contribution in [0.1, 0.15) is 24.5 Å². The van der Waals surface area contributed by atoms with Gasteiger partial charge < -0.3 is 15.1 Å². The summed E-state index contributed by atoms with van der Waals surface area (Å²) in [5.41, 5.74) is 2.79. The van der Waals surface area contributed by atoms with E-state index < -0.39 is 0 Å². The topological polar surface area (TPSA) is 18.5 Å². The summed E-state index contributed by atoms with van der Waals surface area (Å²) < 4.78 is 0. The van der Waals surface area contributed by atoms with Gasteiger partial charge in [0.15, 0.2) is 0 Å². The zero-order valence-corrected chi connectivity index (χ0v) is 13.2. The lowest BCUT2D eigenvalue weighted by Crippen LogP contribution is -2.27. The lowest BCUT2D eigenvalue weighted by Gasteiger charge is -2.21. The van der Waals surface area contributed by atoms with Crippen LogP contribution in [-0.2, 0) is 13.1 Å². The minimum atomic E-state index is 0.845. The highest BCUT2D eigenvalue weighted by molar-refractivity contribution is 5.22. The Morgan fingerprint density at radius 1 is 1.25 bits per heavy atom. The van der Waals surface area contributed by atoms with Gasteiger partial charge in [0.25, 0.3) is 0 Å². The molecule has 1 N–H and O–H groups in total. The summed E-state index contributed by atoms with van der Waals surface area (Å²) in [4.78, 5) is 4.90. The first-order valence-corrected chi connectivity index (χ1v) is 7.83. The first kappa shape index (κ1) is 15.5. The average Bonchev–Trinajstić information content (AvgIpc) is 2.83. The van der Waals surface area contributed by atoms with E-state index in [1.54, 1.807) is 0 Å². The normalized spacial score (nSPS) is 19.9. The van der Waals surface area contributed by atoms with Crippen LogP contribution in [0, 0.1) is 5.92 Å². The first-order chi connectivity index (χ1) is 9.67. The maximum absolute atomic E-state index is 3.36. The van der Waals surface area contributed by atoms with Gasteiger partial charge in [-0.2, -0.15) is 0 Å². The van der Waals surface area contributed by atoms with E-state index in [1.165, 1.54) is 37.2 Å². The molecular formula is C17H29N3. The van der Waals surface area contributed by atoms with Gasteiger partial charge in [-0.25, -0.2) is 0 Å². The molecule has 112 valence electrons. The summed E-state index contributed by atoms with van der Waals surface area (Å²) >= 11 is 0. The number of nitrogens with zero attached hydrogens (tertiary/aromatic N) is 2. The fraction of sp³-hybridized carbons (Fsp3) is 0.647.